The van der Waals surface area contributed by atoms with Gasteiger partial charge in [0.05, 0.1) is 17.9 Å². The molecule has 0 saturated heterocycles. The van der Waals surface area contributed by atoms with E-state index < -0.39 is 12.0 Å². The van der Waals surface area contributed by atoms with E-state index in [2.05, 4.69) is 16.2 Å². The Morgan fingerprint density at radius 3 is 2.62 bits per heavy atom. The third-order valence-corrected chi connectivity index (χ3v) is 2.59. The predicted octanol–water partition coefficient (Wildman–Crippen LogP) is 1.67. The van der Waals surface area contributed by atoms with Crippen LogP contribution in [0.2, 0.25) is 0 Å². The Hall–Kier alpha value is -2.57. The normalized spacial score (nSPS) is 9.86. The fourth-order valence-corrected chi connectivity index (χ4v) is 1.47. The first-order valence-electron chi connectivity index (χ1n) is 6.57. The van der Waals surface area contributed by atoms with Crippen LogP contribution < -0.4 is 16.2 Å². The van der Waals surface area contributed by atoms with Crippen LogP contribution in [0.15, 0.2) is 24.3 Å². The van der Waals surface area contributed by atoms with Crippen LogP contribution in [0.3, 0.4) is 0 Å². The van der Waals surface area contributed by atoms with Crippen LogP contribution in [0.1, 0.15) is 30.6 Å². The number of hydrazine groups is 1. The second-order valence-corrected chi connectivity index (χ2v) is 4.71. The van der Waals surface area contributed by atoms with E-state index in [1.54, 1.807) is 18.2 Å². The van der Waals surface area contributed by atoms with Crippen LogP contribution in [0.4, 0.5) is 10.5 Å². The number of carbonyl (C=O) groups excluding carboxylic acids is 3. The van der Waals surface area contributed by atoms with Gasteiger partial charge < -0.3 is 10.1 Å². The van der Waals surface area contributed by atoms with Crippen molar-refractivity contribution in [2.45, 2.75) is 20.3 Å². The van der Waals surface area contributed by atoms with Gasteiger partial charge in [0.25, 0.3) is 5.91 Å². The van der Waals surface area contributed by atoms with Crippen LogP contribution >= 0.6 is 0 Å². The Balaban J connectivity index is 2.47. The average Bonchev–Trinajstić information content (AvgIpc) is 2.45. The quantitative estimate of drug-likeness (QED) is 0.549. The van der Waals surface area contributed by atoms with E-state index in [0.717, 1.165) is 6.42 Å². The molecular formula is C14H19N3O4. The number of ether oxygens (including phenoxy) is 1. The summed E-state index contributed by atoms with van der Waals surface area (Å²) in [4.78, 5) is 33.7. The summed E-state index contributed by atoms with van der Waals surface area (Å²) in [5.74, 6) is -0.130. The number of rotatable bonds is 6. The fourth-order valence-electron chi connectivity index (χ4n) is 1.47. The van der Waals surface area contributed by atoms with Gasteiger partial charge in [-0.1, -0.05) is 26.0 Å². The highest BCUT2D eigenvalue weighted by atomic mass is 16.6. The Kier molecular flexibility index (Phi) is 6.73. The van der Waals surface area contributed by atoms with E-state index in [1.807, 2.05) is 13.8 Å². The minimum Gasteiger partial charge on any atom is -0.448 e. The van der Waals surface area contributed by atoms with Gasteiger partial charge in [0.1, 0.15) is 0 Å². The van der Waals surface area contributed by atoms with E-state index in [-0.39, 0.29) is 12.2 Å². The van der Waals surface area contributed by atoms with Gasteiger partial charge in [-0.25, -0.2) is 10.2 Å². The molecule has 0 heterocycles. The van der Waals surface area contributed by atoms with Crippen molar-refractivity contribution in [3.8, 4) is 0 Å². The van der Waals surface area contributed by atoms with Crippen molar-refractivity contribution in [2.75, 3.05) is 11.9 Å². The Labute approximate surface area is 123 Å². The van der Waals surface area contributed by atoms with Gasteiger partial charge in [0, 0.05) is 0 Å². The van der Waals surface area contributed by atoms with Crippen LogP contribution in [0.25, 0.3) is 0 Å². The molecule has 0 saturated carbocycles. The lowest BCUT2D eigenvalue weighted by molar-refractivity contribution is -0.105. The maximum absolute atomic E-state index is 11.9. The predicted molar refractivity (Wildman–Crippen MR) is 77.5 cm³/mol. The van der Waals surface area contributed by atoms with Crippen LogP contribution in [-0.4, -0.2) is 25.0 Å². The van der Waals surface area contributed by atoms with Crippen LogP contribution in [0.5, 0.6) is 0 Å². The largest absolute Gasteiger partial charge is 0.448 e. The number of carbonyl (C=O) groups is 3. The number of nitrogens with one attached hydrogen (secondary N) is 3. The van der Waals surface area contributed by atoms with Crippen molar-refractivity contribution in [3.05, 3.63) is 29.8 Å². The first-order chi connectivity index (χ1) is 10.0. The van der Waals surface area contributed by atoms with Crippen molar-refractivity contribution in [2.24, 2.45) is 5.92 Å². The minimum absolute atomic E-state index is 0.229. The number of hydrogen-bond donors (Lipinski definition) is 3. The van der Waals surface area contributed by atoms with Crippen molar-refractivity contribution >= 4 is 24.1 Å². The first-order valence-corrected chi connectivity index (χ1v) is 6.57. The molecule has 0 aliphatic heterocycles. The number of amides is 3. The van der Waals surface area contributed by atoms with Crippen molar-refractivity contribution < 1.29 is 19.1 Å². The maximum Gasteiger partial charge on any atom is 0.426 e. The third-order valence-electron chi connectivity index (χ3n) is 2.59. The molecule has 0 aliphatic rings. The molecule has 0 aromatic heterocycles. The minimum atomic E-state index is -0.732. The van der Waals surface area contributed by atoms with Gasteiger partial charge in [0.2, 0.25) is 6.41 Å². The second-order valence-electron chi connectivity index (χ2n) is 4.71. The summed E-state index contributed by atoms with van der Waals surface area (Å²) in [6.45, 7) is 4.31. The van der Waals surface area contributed by atoms with E-state index in [1.165, 1.54) is 6.07 Å². The van der Waals surface area contributed by atoms with Crippen molar-refractivity contribution in [1.29, 1.82) is 0 Å². The van der Waals surface area contributed by atoms with Gasteiger partial charge in [-0.15, -0.1) is 0 Å². The summed E-state index contributed by atoms with van der Waals surface area (Å²) >= 11 is 0. The lowest BCUT2D eigenvalue weighted by Gasteiger charge is -2.11. The monoisotopic (exact) mass is 293 g/mol. The summed E-state index contributed by atoms with van der Waals surface area (Å²) in [6.07, 6.45) is 0.484. The molecule has 3 N–H and O–H groups in total. The van der Waals surface area contributed by atoms with E-state index in [4.69, 9.17) is 4.74 Å². The molecule has 0 bridgehead atoms. The maximum atomic E-state index is 11.9. The van der Waals surface area contributed by atoms with E-state index >= 15 is 0 Å². The van der Waals surface area contributed by atoms with Gasteiger partial charge in [-0.3, -0.25) is 15.0 Å². The lowest BCUT2D eigenvalue weighted by atomic mass is 10.1. The van der Waals surface area contributed by atoms with E-state index in [9.17, 15) is 14.4 Å². The van der Waals surface area contributed by atoms with Gasteiger partial charge in [-0.05, 0) is 24.5 Å². The SMILES string of the molecule is CC(C)CCOC(=O)NNC(=O)c1ccccc1NC=O. The highest BCUT2D eigenvalue weighted by molar-refractivity contribution is 6.01. The summed E-state index contributed by atoms with van der Waals surface area (Å²) in [5.41, 5.74) is 4.94. The van der Waals surface area contributed by atoms with Crippen LogP contribution in [0, 0.1) is 5.92 Å². The zero-order valence-electron chi connectivity index (χ0n) is 12.0. The van der Waals surface area contributed by atoms with Gasteiger partial charge >= 0.3 is 6.09 Å². The molecule has 0 spiro atoms. The lowest BCUT2D eigenvalue weighted by Crippen LogP contribution is -2.42. The number of hydrogen-bond acceptors (Lipinski definition) is 4. The third kappa shape index (κ3) is 5.94. The summed E-state index contributed by atoms with van der Waals surface area (Å²) < 4.78 is 4.88. The zero-order valence-corrected chi connectivity index (χ0v) is 12.0. The van der Waals surface area contributed by atoms with Gasteiger partial charge in [-0.2, -0.15) is 0 Å². The van der Waals surface area contributed by atoms with Gasteiger partial charge in [0.15, 0.2) is 0 Å². The van der Waals surface area contributed by atoms with Crippen molar-refractivity contribution in [1.82, 2.24) is 10.9 Å². The summed E-state index contributed by atoms with van der Waals surface area (Å²) in [6, 6.07) is 6.42. The molecule has 1 aromatic rings. The molecule has 1 aromatic carbocycles. The molecule has 0 radical (unpaired) electrons. The summed E-state index contributed by atoms with van der Waals surface area (Å²) in [5, 5.41) is 2.41. The number of benzene rings is 1. The zero-order chi connectivity index (χ0) is 15.7. The number of para-hydroxylation sites is 1. The molecule has 0 atom stereocenters. The molecule has 21 heavy (non-hydrogen) atoms. The molecule has 1 rings (SSSR count). The first kappa shape index (κ1) is 16.5. The standard InChI is InChI=1S/C14H19N3O4/c1-10(2)7-8-21-14(20)17-16-13(19)11-5-3-4-6-12(11)15-9-18/h3-6,9-10H,7-8H2,1-2H3,(H,15,18)(H,16,19)(H,17,20). The molecule has 0 unspecified atom stereocenters. The molecule has 0 fully saturated rings. The van der Waals surface area contributed by atoms with Crippen molar-refractivity contribution in [3.63, 3.8) is 0 Å². The Bertz CT molecular complexity index is 503. The molecule has 7 heteroatoms. The average molecular weight is 293 g/mol. The van der Waals surface area contributed by atoms with Crippen LogP contribution in [-0.2, 0) is 9.53 Å². The smallest absolute Gasteiger partial charge is 0.426 e. The molecule has 114 valence electrons. The summed E-state index contributed by atoms with van der Waals surface area (Å²) in [7, 11) is 0. The highest BCUT2D eigenvalue weighted by Crippen LogP contribution is 2.13. The Morgan fingerprint density at radius 2 is 1.95 bits per heavy atom. The topological polar surface area (TPSA) is 96.5 Å². The Morgan fingerprint density at radius 1 is 1.24 bits per heavy atom. The van der Waals surface area contributed by atoms with E-state index in [0.29, 0.717) is 18.0 Å². The fraction of sp³-hybridized carbons (Fsp3) is 0.357. The number of anilines is 1. The molecule has 7 nitrogen and oxygen atoms in total. The molecule has 3 amide bonds. The highest BCUT2D eigenvalue weighted by Gasteiger charge is 2.11. The molecule has 0 aliphatic carbocycles. The second kappa shape index (κ2) is 8.57. The molecular weight excluding hydrogens is 274 g/mol.